The Bertz CT molecular complexity index is 1090. The van der Waals surface area contributed by atoms with Gasteiger partial charge in [-0.25, -0.2) is 8.78 Å². The highest BCUT2D eigenvalue weighted by molar-refractivity contribution is 7.99. The van der Waals surface area contributed by atoms with Gasteiger partial charge in [-0.15, -0.1) is 10.2 Å². The van der Waals surface area contributed by atoms with Crippen LogP contribution in [0.3, 0.4) is 0 Å². The highest BCUT2D eigenvalue weighted by atomic mass is 32.2. The number of benzene rings is 2. The van der Waals surface area contributed by atoms with Gasteiger partial charge in [0.2, 0.25) is 5.91 Å². The van der Waals surface area contributed by atoms with Crippen LogP contribution in [0, 0.1) is 17.6 Å². The number of piperazine rings is 1. The molecule has 0 bridgehead atoms. The fourth-order valence-corrected chi connectivity index (χ4v) is 4.70. The zero-order valence-corrected chi connectivity index (χ0v) is 19.6. The van der Waals surface area contributed by atoms with E-state index in [1.165, 1.54) is 30.0 Å². The Morgan fingerprint density at radius 2 is 1.70 bits per heavy atom. The number of halogens is 2. The number of carbonyl (C=O) groups excluding carboxylic acids is 1. The summed E-state index contributed by atoms with van der Waals surface area (Å²) < 4.78 is 29.4. The minimum atomic E-state index is -0.346. The fraction of sp³-hybridized carbons (Fsp3) is 0.375. The molecule has 0 radical (unpaired) electrons. The van der Waals surface area contributed by atoms with Crippen molar-refractivity contribution in [1.29, 1.82) is 0 Å². The summed E-state index contributed by atoms with van der Waals surface area (Å²) in [6.07, 6.45) is 0. The van der Waals surface area contributed by atoms with Crippen LogP contribution >= 0.6 is 11.8 Å². The van der Waals surface area contributed by atoms with Gasteiger partial charge in [0.25, 0.3) is 0 Å². The average molecular weight is 472 g/mol. The Labute approximate surface area is 196 Å². The summed E-state index contributed by atoms with van der Waals surface area (Å²) in [6.45, 7) is 7.39. The SMILES string of the molecule is CC(C)Cn1c(SCC(=O)N2CCN(c3ccc(F)cc3)CC2)nnc1-c1ccccc1F. The van der Waals surface area contributed by atoms with Gasteiger partial charge in [-0.3, -0.25) is 4.79 Å². The molecule has 0 unspecified atom stereocenters. The van der Waals surface area contributed by atoms with Crippen LogP contribution in [0.2, 0.25) is 0 Å². The number of thioether (sulfide) groups is 1. The number of carbonyl (C=O) groups is 1. The van der Waals surface area contributed by atoms with Crippen LogP contribution in [0.1, 0.15) is 13.8 Å². The van der Waals surface area contributed by atoms with Crippen LogP contribution < -0.4 is 4.90 Å². The van der Waals surface area contributed by atoms with E-state index in [-0.39, 0.29) is 23.3 Å². The first-order valence-corrected chi connectivity index (χ1v) is 12.0. The lowest BCUT2D eigenvalue weighted by atomic mass is 10.2. The van der Waals surface area contributed by atoms with E-state index in [4.69, 9.17) is 0 Å². The van der Waals surface area contributed by atoms with Crippen molar-refractivity contribution in [2.24, 2.45) is 5.92 Å². The summed E-state index contributed by atoms with van der Waals surface area (Å²) in [5.74, 6) is 0.454. The minimum absolute atomic E-state index is 0.0327. The van der Waals surface area contributed by atoms with Crippen molar-refractivity contribution in [2.45, 2.75) is 25.5 Å². The Hall–Kier alpha value is -2.94. The molecule has 33 heavy (non-hydrogen) atoms. The van der Waals surface area contributed by atoms with Crippen molar-refractivity contribution < 1.29 is 13.6 Å². The molecular formula is C24H27F2N5OS. The van der Waals surface area contributed by atoms with Crippen molar-refractivity contribution in [1.82, 2.24) is 19.7 Å². The minimum Gasteiger partial charge on any atom is -0.368 e. The molecule has 174 valence electrons. The standard InChI is InChI=1S/C24H27F2N5OS/c1-17(2)15-31-23(20-5-3-4-6-21(20)26)27-28-24(31)33-16-22(32)30-13-11-29(12-14-30)19-9-7-18(25)8-10-19/h3-10,17H,11-16H2,1-2H3. The number of aromatic nitrogens is 3. The van der Waals surface area contributed by atoms with Crippen LogP contribution in [0.25, 0.3) is 11.4 Å². The summed E-state index contributed by atoms with van der Waals surface area (Å²) >= 11 is 1.33. The maximum atomic E-state index is 14.4. The Morgan fingerprint density at radius 3 is 2.36 bits per heavy atom. The number of hydrogen-bond acceptors (Lipinski definition) is 5. The van der Waals surface area contributed by atoms with Crippen molar-refractivity contribution >= 4 is 23.4 Å². The Balaban J connectivity index is 1.39. The number of amides is 1. The third kappa shape index (κ3) is 5.52. The van der Waals surface area contributed by atoms with E-state index in [0.717, 1.165) is 5.69 Å². The van der Waals surface area contributed by atoms with Crippen molar-refractivity contribution in [3.63, 3.8) is 0 Å². The van der Waals surface area contributed by atoms with Gasteiger partial charge in [-0.1, -0.05) is 37.7 Å². The molecule has 1 aliphatic rings. The van der Waals surface area contributed by atoms with Crippen molar-refractivity contribution in [3.05, 3.63) is 60.2 Å². The number of nitrogens with zero attached hydrogens (tertiary/aromatic N) is 5. The predicted molar refractivity (Wildman–Crippen MR) is 126 cm³/mol. The summed E-state index contributed by atoms with van der Waals surface area (Å²) in [6, 6.07) is 12.9. The van der Waals surface area contributed by atoms with Gasteiger partial charge >= 0.3 is 0 Å². The quantitative estimate of drug-likeness (QED) is 0.481. The molecule has 2 heterocycles. The molecule has 0 aliphatic carbocycles. The van der Waals surface area contributed by atoms with Gasteiger partial charge in [0.15, 0.2) is 11.0 Å². The second kappa shape index (κ2) is 10.3. The molecule has 3 aromatic rings. The van der Waals surface area contributed by atoms with Crippen LogP contribution in [-0.2, 0) is 11.3 Å². The third-order valence-electron chi connectivity index (χ3n) is 5.53. The summed E-state index contributed by atoms with van der Waals surface area (Å²) in [4.78, 5) is 16.8. The van der Waals surface area contributed by atoms with Gasteiger partial charge in [0.05, 0.1) is 11.3 Å². The Kier molecular flexibility index (Phi) is 7.27. The smallest absolute Gasteiger partial charge is 0.233 e. The monoisotopic (exact) mass is 471 g/mol. The molecule has 0 spiro atoms. The number of anilines is 1. The molecule has 0 N–H and O–H groups in total. The van der Waals surface area contributed by atoms with E-state index in [1.807, 2.05) is 9.47 Å². The fourth-order valence-electron chi connectivity index (χ4n) is 3.85. The summed E-state index contributed by atoms with van der Waals surface area (Å²) in [5.41, 5.74) is 1.36. The second-order valence-electron chi connectivity index (χ2n) is 8.42. The largest absolute Gasteiger partial charge is 0.368 e. The molecule has 1 aromatic heterocycles. The van der Waals surface area contributed by atoms with Crippen LogP contribution in [0.15, 0.2) is 53.7 Å². The highest BCUT2D eigenvalue weighted by Crippen LogP contribution is 2.27. The molecular weight excluding hydrogens is 444 g/mol. The zero-order valence-electron chi connectivity index (χ0n) is 18.7. The predicted octanol–water partition coefficient (Wildman–Crippen LogP) is 4.32. The molecule has 9 heteroatoms. The van der Waals surface area contributed by atoms with Crippen LogP contribution in [0.4, 0.5) is 14.5 Å². The zero-order chi connectivity index (χ0) is 23.4. The lowest BCUT2D eigenvalue weighted by molar-refractivity contribution is -0.128. The topological polar surface area (TPSA) is 54.3 Å². The molecule has 6 nitrogen and oxygen atoms in total. The van der Waals surface area contributed by atoms with Gasteiger partial charge in [-0.05, 0) is 42.3 Å². The Morgan fingerprint density at radius 1 is 1.00 bits per heavy atom. The number of hydrogen-bond donors (Lipinski definition) is 0. The van der Waals surface area contributed by atoms with Crippen molar-refractivity contribution in [2.75, 3.05) is 36.8 Å². The summed E-state index contributed by atoms with van der Waals surface area (Å²) in [7, 11) is 0. The van der Waals surface area contributed by atoms with E-state index in [0.29, 0.717) is 55.2 Å². The molecule has 1 amide bonds. The molecule has 4 rings (SSSR count). The van der Waals surface area contributed by atoms with E-state index in [9.17, 15) is 13.6 Å². The average Bonchev–Trinajstić information content (AvgIpc) is 3.20. The van der Waals surface area contributed by atoms with E-state index in [1.54, 1.807) is 30.3 Å². The maximum absolute atomic E-state index is 14.4. The van der Waals surface area contributed by atoms with Crippen LogP contribution in [0.5, 0.6) is 0 Å². The van der Waals surface area contributed by atoms with Gasteiger partial charge < -0.3 is 14.4 Å². The first-order valence-electron chi connectivity index (χ1n) is 11.0. The second-order valence-corrected chi connectivity index (χ2v) is 9.37. The van der Waals surface area contributed by atoms with Gasteiger partial charge in [0, 0.05) is 38.4 Å². The molecule has 1 fully saturated rings. The van der Waals surface area contributed by atoms with Crippen LogP contribution in [-0.4, -0.2) is 57.5 Å². The van der Waals surface area contributed by atoms with Crippen molar-refractivity contribution in [3.8, 4) is 11.4 Å². The molecule has 1 aliphatic heterocycles. The first-order chi connectivity index (χ1) is 15.9. The molecule has 0 atom stereocenters. The maximum Gasteiger partial charge on any atom is 0.233 e. The third-order valence-corrected chi connectivity index (χ3v) is 6.48. The molecule has 1 saturated heterocycles. The van der Waals surface area contributed by atoms with Gasteiger partial charge in [-0.2, -0.15) is 0 Å². The van der Waals surface area contributed by atoms with E-state index < -0.39 is 0 Å². The number of rotatable bonds is 7. The highest BCUT2D eigenvalue weighted by Gasteiger charge is 2.23. The summed E-state index contributed by atoms with van der Waals surface area (Å²) in [5, 5.41) is 9.11. The lowest BCUT2D eigenvalue weighted by Gasteiger charge is -2.36. The van der Waals surface area contributed by atoms with E-state index in [2.05, 4.69) is 28.9 Å². The normalized spacial score (nSPS) is 14.2. The van der Waals surface area contributed by atoms with Gasteiger partial charge in [0.1, 0.15) is 11.6 Å². The molecule has 0 saturated carbocycles. The lowest BCUT2D eigenvalue weighted by Crippen LogP contribution is -2.49. The molecule has 2 aromatic carbocycles. The van der Waals surface area contributed by atoms with E-state index >= 15 is 0 Å². The first kappa shape index (κ1) is 23.2.